The first-order chi connectivity index (χ1) is 13.3. The molecule has 0 fully saturated rings. The Morgan fingerprint density at radius 3 is 2.43 bits per heavy atom. The number of ether oxygens (including phenoxy) is 2. The first-order valence-corrected chi connectivity index (χ1v) is 10.3. The Labute approximate surface area is 166 Å². The van der Waals surface area contributed by atoms with E-state index in [0.717, 1.165) is 9.87 Å². The maximum absolute atomic E-state index is 13.2. The molecule has 28 heavy (non-hydrogen) atoms. The van der Waals surface area contributed by atoms with E-state index in [-0.39, 0.29) is 23.7 Å². The molecule has 0 unspecified atom stereocenters. The van der Waals surface area contributed by atoms with Gasteiger partial charge >= 0.3 is 0 Å². The summed E-state index contributed by atoms with van der Waals surface area (Å²) in [6, 6.07) is 11.9. The van der Waals surface area contributed by atoms with Crippen LogP contribution in [0, 0.1) is 6.92 Å². The molecule has 0 aliphatic carbocycles. The molecule has 0 atom stereocenters. The van der Waals surface area contributed by atoms with Crippen molar-refractivity contribution in [2.45, 2.75) is 25.2 Å². The Kier molecular flexibility index (Phi) is 7.42. The Morgan fingerprint density at radius 1 is 1.11 bits per heavy atom. The van der Waals surface area contributed by atoms with E-state index in [1.54, 1.807) is 12.1 Å². The summed E-state index contributed by atoms with van der Waals surface area (Å²) in [5, 5.41) is 2.77. The number of carbonyl (C=O) groups is 1. The average molecular weight is 407 g/mol. The van der Waals surface area contributed by atoms with E-state index < -0.39 is 15.9 Å². The van der Waals surface area contributed by atoms with Crippen LogP contribution in [0.1, 0.15) is 18.9 Å². The molecule has 0 aliphatic rings. The van der Waals surface area contributed by atoms with Crippen molar-refractivity contribution in [2.24, 2.45) is 0 Å². The highest BCUT2D eigenvalue weighted by molar-refractivity contribution is 7.89. The summed E-state index contributed by atoms with van der Waals surface area (Å²) in [4.78, 5) is 12.5. The van der Waals surface area contributed by atoms with Gasteiger partial charge in [0.1, 0.15) is 16.4 Å². The molecule has 0 radical (unpaired) electrons. The van der Waals surface area contributed by atoms with E-state index in [9.17, 15) is 13.2 Å². The molecule has 0 spiro atoms. The number of aryl methyl sites for hydroxylation is 1. The second-order valence-corrected chi connectivity index (χ2v) is 8.12. The maximum Gasteiger partial charge on any atom is 0.247 e. The van der Waals surface area contributed by atoms with Crippen LogP contribution in [0.3, 0.4) is 0 Å². The first kappa shape index (κ1) is 21.7. The minimum absolute atomic E-state index is 0.0357. The number of nitrogens with zero attached hydrogens (tertiary/aromatic N) is 1. The average Bonchev–Trinajstić information content (AvgIpc) is 2.68. The predicted molar refractivity (Wildman–Crippen MR) is 108 cm³/mol. The highest BCUT2D eigenvalue weighted by Crippen LogP contribution is 2.30. The van der Waals surface area contributed by atoms with Crippen LogP contribution in [0.15, 0.2) is 47.4 Å². The van der Waals surface area contributed by atoms with Crippen molar-refractivity contribution in [3.8, 4) is 11.5 Å². The number of sulfonamides is 1. The Hall–Kier alpha value is -2.58. The molecule has 152 valence electrons. The summed E-state index contributed by atoms with van der Waals surface area (Å²) in [6.45, 7) is 3.62. The summed E-state index contributed by atoms with van der Waals surface area (Å²) in [7, 11) is -1.11. The van der Waals surface area contributed by atoms with Crippen LogP contribution in [0.25, 0.3) is 0 Å². The molecule has 2 aromatic carbocycles. The lowest BCUT2D eigenvalue weighted by Crippen LogP contribution is -2.38. The van der Waals surface area contributed by atoms with Crippen LogP contribution in [0.5, 0.6) is 11.5 Å². The molecule has 0 saturated carbocycles. The number of benzene rings is 2. The van der Waals surface area contributed by atoms with Crippen LogP contribution in [-0.2, 0) is 14.8 Å². The van der Waals surface area contributed by atoms with E-state index in [0.29, 0.717) is 17.9 Å². The zero-order chi connectivity index (χ0) is 20.7. The van der Waals surface area contributed by atoms with Gasteiger partial charge in [-0.15, -0.1) is 0 Å². The molecule has 0 saturated heterocycles. The number of rotatable bonds is 9. The van der Waals surface area contributed by atoms with Gasteiger partial charge in [-0.2, -0.15) is 4.31 Å². The molecular formula is C20H26N2O5S. The third-order valence-electron chi connectivity index (χ3n) is 4.20. The summed E-state index contributed by atoms with van der Waals surface area (Å²) in [5.74, 6) is 0.176. The summed E-state index contributed by atoms with van der Waals surface area (Å²) < 4.78 is 38.0. The van der Waals surface area contributed by atoms with Gasteiger partial charge in [-0.25, -0.2) is 8.42 Å². The molecule has 7 nitrogen and oxygen atoms in total. The number of methoxy groups -OCH3 is 2. The highest BCUT2D eigenvalue weighted by atomic mass is 32.2. The molecule has 2 aromatic rings. The first-order valence-electron chi connectivity index (χ1n) is 8.91. The van der Waals surface area contributed by atoms with E-state index in [2.05, 4.69) is 5.32 Å². The van der Waals surface area contributed by atoms with Gasteiger partial charge in [-0.1, -0.05) is 25.1 Å². The second-order valence-electron chi connectivity index (χ2n) is 6.22. The highest BCUT2D eigenvalue weighted by Gasteiger charge is 2.29. The van der Waals surface area contributed by atoms with Gasteiger partial charge in [-0.05, 0) is 37.1 Å². The smallest absolute Gasteiger partial charge is 0.247 e. The standard InChI is InChI=1S/C20H26N2O5S/c1-5-12-22(14-20(23)21-17-9-7-6-8-15(17)2)28(24,25)19-13-16(26-3)10-11-18(19)27-4/h6-11,13H,5,12,14H2,1-4H3,(H,21,23). The molecule has 0 heterocycles. The minimum atomic E-state index is -3.97. The number of amides is 1. The Bertz CT molecular complexity index is 928. The van der Waals surface area contributed by atoms with E-state index >= 15 is 0 Å². The lowest BCUT2D eigenvalue weighted by molar-refractivity contribution is -0.116. The van der Waals surface area contributed by atoms with Crippen molar-refractivity contribution >= 4 is 21.6 Å². The van der Waals surface area contributed by atoms with Crippen LogP contribution in [0.2, 0.25) is 0 Å². The fourth-order valence-corrected chi connectivity index (χ4v) is 4.38. The van der Waals surface area contributed by atoms with Crippen molar-refractivity contribution in [2.75, 3.05) is 32.6 Å². The molecule has 2 rings (SSSR count). The van der Waals surface area contributed by atoms with Crippen molar-refractivity contribution in [1.82, 2.24) is 4.31 Å². The van der Waals surface area contributed by atoms with Gasteiger partial charge in [0.25, 0.3) is 0 Å². The Balaban J connectivity index is 2.31. The van der Waals surface area contributed by atoms with Gasteiger partial charge < -0.3 is 14.8 Å². The van der Waals surface area contributed by atoms with E-state index in [4.69, 9.17) is 9.47 Å². The number of hydrogen-bond acceptors (Lipinski definition) is 5. The summed E-state index contributed by atoms with van der Waals surface area (Å²) >= 11 is 0. The summed E-state index contributed by atoms with van der Waals surface area (Å²) in [5.41, 5.74) is 1.55. The predicted octanol–water partition coefficient (Wildman–Crippen LogP) is 3.05. The van der Waals surface area contributed by atoms with Gasteiger partial charge in [0.15, 0.2) is 0 Å². The van der Waals surface area contributed by atoms with Crippen LogP contribution in [-0.4, -0.2) is 45.9 Å². The fraction of sp³-hybridized carbons (Fsp3) is 0.350. The monoisotopic (exact) mass is 406 g/mol. The molecule has 0 bridgehead atoms. The quantitative estimate of drug-likeness (QED) is 0.692. The van der Waals surface area contributed by atoms with Crippen LogP contribution in [0.4, 0.5) is 5.69 Å². The number of carbonyl (C=O) groups excluding carboxylic acids is 1. The zero-order valence-corrected chi connectivity index (χ0v) is 17.4. The molecule has 0 aromatic heterocycles. The topological polar surface area (TPSA) is 84.9 Å². The third-order valence-corrected chi connectivity index (χ3v) is 6.07. The van der Waals surface area contributed by atoms with Gasteiger partial charge in [0.2, 0.25) is 15.9 Å². The molecule has 8 heteroatoms. The van der Waals surface area contributed by atoms with Crippen LogP contribution >= 0.6 is 0 Å². The lowest BCUT2D eigenvalue weighted by atomic mass is 10.2. The van der Waals surface area contributed by atoms with E-state index in [1.807, 2.05) is 32.0 Å². The van der Waals surface area contributed by atoms with Gasteiger partial charge in [0, 0.05) is 18.3 Å². The number of nitrogens with one attached hydrogen (secondary N) is 1. The summed E-state index contributed by atoms with van der Waals surface area (Å²) in [6.07, 6.45) is 0.559. The zero-order valence-electron chi connectivity index (χ0n) is 16.6. The van der Waals surface area contributed by atoms with Crippen molar-refractivity contribution in [3.63, 3.8) is 0 Å². The molecular weight excluding hydrogens is 380 g/mol. The Morgan fingerprint density at radius 2 is 1.82 bits per heavy atom. The van der Waals surface area contributed by atoms with Gasteiger partial charge in [0.05, 0.1) is 20.8 Å². The molecule has 0 aliphatic heterocycles. The van der Waals surface area contributed by atoms with Crippen molar-refractivity contribution in [1.29, 1.82) is 0 Å². The number of para-hydroxylation sites is 1. The lowest BCUT2D eigenvalue weighted by Gasteiger charge is -2.23. The number of anilines is 1. The number of hydrogen-bond donors (Lipinski definition) is 1. The maximum atomic E-state index is 13.2. The molecule has 1 amide bonds. The van der Waals surface area contributed by atoms with Gasteiger partial charge in [-0.3, -0.25) is 4.79 Å². The van der Waals surface area contributed by atoms with E-state index in [1.165, 1.54) is 26.4 Å². The normalized spacial score (nSPS) is 11.3. The van der Waals surface area contributed by atoms with Crippen LogP contribution < -0.4 is 14.8 Å². The SMILES string of the molecule is CCCN(CC(=O)Nc1ccccc1C)S(=O)(=O)c1cc(OC)ccc1OC. The fourth-order valence-electron chi connectivity index (χ4n) is 2.72. The third kappa shape index (κ3) is 5.02. The minimum Gasteiger partial charge on any atom is -0.497 e. The van der Waals surface area contributed by atoms with Crippen molar-refractivity contribution < 1.29 is 22.7 Å². The largest absolute Gasteiger partial charge is 0.497 e. The second kappa shape index (κ2) is 9.57. The van der Waals surface area contributed by atoms with Crippen molar-refractivity contribution in [3.05, 3.63) is 48.0 Å². The molecule has 1 N–H and O–H groups in total.